The van der Waals surface area contributed by atoms with Gasteiger partial charge >= 0.3 is 12.4 Å². The van der Waals surface area contributed by atoms with Crippen LogP contribution in [-0.2, 0) is 28.7 Å². The zero-order valence-corrected chi connectivity index (χ0v) is 17.6. The number of benzene rings is 1. The summed E-state index contributed by atoms with van der Waals surface area (Å²) in [5.74, 6) is -0.395. The van der Waals surface area contributed by atoms with Crippen LogP contribution in [0.5, 0.6) is 5.88 Å². The minimum atomic E-state index is -4.71. The molecule has 0 saturated heterocycles. The molecule has 0 unspecified atom stereocenters. The predicted octanol–water partition coefficient (Wildman–Crippen LogP) is 5.42. The predicted molar refractivity (Wildman–Crippen MR) is 104 cm³/mol. The number of hydrogen-bond donors (Lipinski definition) is 1. The Balaban J connectivity index is 1.89. The molecule has 0 radical (unpaired) electrons. The number of aromatic nitrogens is 2. The molecule has 12 heteroatoms. The number of halogens is 6. The van der Waals surface area contributed by atoms with Gasteiger partial charge in [0, 0.05) is 12.7 Å². The van der Waals surface area contributed by atoms with Gasteiger partial charge in [-0.3, -0.25) is 0 Å². The first kappa shape index (κ1) is 23.9. The van der Waals surface area contributed by atoms with E-state index in [0.29, 0.717) is 12.1 Å². The monoisotopic (exact) mass is 480 g/mol. The van der Waals surface area contributed by atoms with Crippen LogP contribution < -0.4 is 0 Å². The van der Waals surface area contributed by atoms with Gasteiger partial charge in [0.15, 0.2) is 9.84 Å². The van der Waals surface area contributed by atoms with Crippen molar-refractivity contribution in [2.24, 2.45) is 0 Å². The Labute approximate surface area is 179 Å². The summed E-state index contributed by atoms with van der Waals surface area (Å²) < 4.78 is 103. The van der Waals surface area contributed by atoms with E-state index in [1.54, 1.807) is 0 Å². The van der Waals surface area contributed by atoms with Crippen molar-refractivity contribution in [3.05, 3.63) is 53.9 Å². The fourth-order valence-electron chi connectivity index (χ4n) is 3.14. The van der Waals surface area contributed by atoms with E-state index in [0.717, 1.165) is 35.0 Å². The van der Waals surface area contributed by atoms with Crippen LogP contribution in [0.4, 0.5) is 26.3 Å². The van der Waals surface area contributed by atoms with Crippen LogP contribution in [0.2, 0.25) is 0 Å². The zero-order chi connectivity index (χ0) is 24.1. The van der Waals surface area contributed by atoms with E-state index in [2.05, 4.69) is 4.98 Å². The van der Waals surface area contributed by atoms with E-state index >= 15 is 0 Å². The van der Waals surface area contributed by atoms with Gasteiger partial charge in [-0.2, -0.15) is 26.3 Å². The maximum Gasteiger partial charge on any atom is 0.433 e. The highest BCUT2D eigenvalue weighted by Gasteiger charge is 2.38. The van der Waals surface area contributed by atoms with Crippen molar-refractivity contribution in [2.45, 2.75) is 48.8 Å². The van der Waals surface area contributed by atoms with E-state index in [1.165, 1.54) is 13.8 Å². The average molecular weight is 480 g/mol. The van der Waals surface area contributed by atoms with E-state index in [-0.39, 0.29) is 23.9 Å². The summed E-state index contributed by atoms with van der Waals surface area (Å²) in [6.45, 7) is 2.51. The molecule has 1 aromatic carbocycles. The van der Waals surface area contributed by atoms with Crippen LogP contribution >= 0.6 is 0 Å². The molecule has 2 aromatic heterocycles. The normalized spacial score (nSPS) is 13.6. The standard InChI is InChI=1S/C20H18F6N2O3S/c1-18(2,32(30,31)13-5-3-4-12(10-13)19(21,22)23)8-9-28-11-15-14(17(28)29)6-7-16(27-15)20(24,25)26/h3-7,10-11,29H,8-9H2,1-2H3. The molecule has 32 heavy (non-hydrogen) atoms. The maximum absolute atomic E-state index is 13.0. The number of aromatic hydroxyl groups is 1. The first-order chi connectivity index (χ1) is 14.5. The number of fused-ring (bicyclic) bond motifs is 1. The molecule has 0 spiro atoms. The van der Waals surface area contributed by atoms with E-state index < -0.39 is 49.0 Å². The second-order valence-corrected chi connectivity index (χ2v) is 10.4. The number of alkyl halides is 6. The van der Waals surface area contributed by atoms with Gasteiger partial charge in [0.05, 0.1) is 26.1 Å². The molecule has 0 aliphatic rings. The Kier molecular flexibility index (Phi) is 5.73. The Morgan fingerprint density at radius 2 is 1.66 bits per heavy atom. The molecule has 0 saturated carbocycles. The molecule has 2 heterocycles. The van der Waals surface area contributed by atoms with Gasteiger partial charge in [0.1, 0.15) is 5.69 Å². The van der Waals surface area contributed by atoms with E-state index in [9.17, 15) is 39.9 Å². The van der Waals surface area contributed by atoms with Crippen LogP contribution in [0, 0.1) is 0 Å². The van der Waals surface area contributed by atoms with Gasteiger partial charge in [0.2, 0.25) is 5.88 Å². The number of nitrogens with zero attached hydrogens (tertiary/aromatic N) is 2. The number of pyridine rings is 1. The van der Waals surface area contributed by atoms with E-state index in [4.69, 9.17) is 0 Å². The van der Waals surface area contributed by atoms with Crippen LogP contribution in [0.15, 0.2) is 47.5 Å². The molecule has 0 aliphatic carbocycles. The van der Waals surface area contributed by atoms with Crippen molar-refractivity contribution < 1.29 is 39.9 Å². The van der Waals surface area contributed by atoms with E-state index in [1.807, 2.05) is 0 Å². The molecule has 0 atom stereocenters. The molecule has 1 N–H and O–H groups in total. The smallest absolute Gasteiger partial charge is 0.433 e. The second kappa shape index (κ2) is 7.68. The molecule has 174 valence electrons. The Hall–Kier alpha value is -2.76. The largest absolute Gasteiger partial charge is 0.494 e. The molecule has 0 amide bonds. The van der Waals surface area contributed by atoms with Gasteiger partial charge in [0.25, 0.3) is 0 Å². The summed E-state index contributed by atoms with van der Waals surface area (Å²) in [5.41, 5.74) is -2.37. The molecule has 0 bridgehead atoms. The summed E-state index contributed by atoms with van der Waals surface area (Å²) in [6.07, 6.45) is -8.37. The molecular weight excluding hydrogens is 462 g/mol. The topological polar surface area (TPSA) is 72.2 Å². The summed E-state index contributed by atoms with van der Waals surface area (Å²) in [7, 11) is -4.22. The highest BCUT2D eigenvalue weighted by molar-refractivity contribution is 7.92. The van der Waals surface area contributed by atoms with Crippen molar-refractivity contribution in [3.63, 3.8) is 0 Å². The van der Waals surface area contributed by atoms with Crippen LogP contribution in [-0.4, -0.2) is 27.8 Å². The van der Waals surface area contributed by atoms with Crippen LogP contribution in [0.1, 0.15) is 31.5 Å². The third-order valence-corrected chi connectivity index (χ3v) is 7.69. The second-order valence-electron chi connectivity index (χ2n) is 7.81. The lowest BCUT2D eigenvalue weighted by molar-refractivity contribution is -0.141. The van der Waals surface area contributed by atoms with Gasteiger partial charge in [-0.1, -0.05) is 6.07 Å². The Bertz CT molecular complexity index is 1260. The lowest BCUT2D eigenvalue weighted by atomic mass is 10.1. The minimum absolute atomic E-state index is 0.0524. The summed E-state index contributed by atoms with van der Waals surface area (Å²) in [4.78, 5) is 2.97. The summed E-state index contributed by atoms with van der Waals surface area (Å²) >= 11 is 0. The summed E-state index contributed by atoms with van der Waals surface area (Å²) in [5, 5.41) is 10.3. The van der Waals surface area contributed by atoms with Crippen molar-refractivity contribution in [1.29, 1.82) is 0 Å². The highest BCUT2D eigenvalue weighted by atomic mass is 32.2. The first-order valence-electron chi connectivity index (χ1n) is 9.22. The number of rotatable bonds is 5. The fourth-order valence-corrected chi connectivity index (χ4v) is 4.67. The lowest BCUT2D eigenvalue weighted by Gasteiger charge is -2.25. The van der Waals surface area contributed by atoms with Crippen LogP contribution in [0.25, 0.3) is 10.9 Å². The molecule has 0 aliphatic heterocycles. The van der Waals surface area contributed by atoms with Gasteiger partial charge in [-0.25, -0.2) is 13.4 Å². The quantitative estimate of drug-likeness (QED) is 0.495. The van der Waals surface area contributed by atoms with Crippen molar-refractivity contribution in [1.82, 2.24) is 9.55 Å². The van der Waals surface area contributed by atoms with Gasteiger partial charge < -0.3 is 9.67 Å². The Morgan fingerprint density at radius 3 is 2.25 bits per heavy atom. The molecule has 3 rings (SSSR count). The average Bonchev–Trinajstić information content (AvgIpc) is 3.00. The van der Waals surface area contributed by atoms with Crippen molar-refractivity contribution in [3.8, 4) is 5.88 Å². The number of hydrogen-bond acceptors (Lipinski definition) is 4. The Morgan fingerprint density at radius 1 is 1.00 bits per heavy atom. The highest BCUT2D eigenvalue weighted by Crippen LogP contribution is 2.36. The van der Waals surface area contributed by atoms with Crippen molar-refractivity contribution in [2.75, 3.05) is 0 Å². The SMILES string of the molecule is CC(C)(CCn1cc2nc(C(F)(F)F)ccc2c1O)S(=O)(=O)c1cccc(C(F)(F)F)c1. The maximum atomic E-state index is 13.0. The third-order valence-electron chi connectivity index (χ3n) is 5.16. The summed E-state index contributed by atoms with van der Waals surface area (Å²) in [6, 6.07) is 5.16. The van der Waals surface area contributed by atoms with Crippen LogP contribution in [0.3, 0.4) is 0 Å². The molecular formula is C20H18F6N2O3S. The molecule has 3 aromatic rings. The lowest BCUT2D eigenvalue weighted by Crippen LogP contribution is -2.33. The van der Waals surface area contributed by atoms with Crippen molar-refractivity contribution >= 4 is 20.7 Å². The molecule has 5 nitrogen and oxygen atoms in total. The number of sulfone groups is 1. The van der Waals surface area contributed by atoms with Gasteiger partial charge in [-0.05, 0) is 50.6 Å². The minimum Gasteiger partial charge on any atom is -0.494 e. The number of aryl methyl sites for hydroxylation is 1. The molecule has 0 fully saturated rings. The van der Waals surface area contributed by atoms with Gasteiger partial charge in [-0.15, -0.1) is 0 Å². The fraction of sp³-hybridized carbons (Fsp3) is 0.350. The first-order valence-corrected chi connectivity index (χ1v) is 10.7. The third kappa shape index (κ3) is 4.41. The zero-order valence-electron chi connectivity index (χ0n) is 16.8.